The summed E-state index contributed by atoms with van der Waals surface area (Å²) in [5.41, 5.74) is -0.758. The van der Waals surface area contributed by atoms with E-state index >= 15 is 0 Å². The lowest BCUT2D eigenvalue weighted by Crippen LogP contribution is -2.24. The maximum absolute atomic E-state index is 13.4. The molecule has 0 spiro atoms. The summed E-state index contributed by atoms with van der Waals surface area (Å²) in [6.07, 6.45) is -3.67. The summed E-state index contributed by atoms with van der Waals surface area (Å²) in [5.74, 6) is -1.91. The normalized spacial score (nSPS) is 12.0. The maximum Gasteiger partial charge on any atom is 0.419 e. The number of carbonyl (C=O) groups is 1. The van der Waals surface area contributed by atoms with Crippen molar-refractivity contribution in [2.24, 2.45) is 0 Å². The van der Waals surface area contributed by atoms with Crippen molar-refractivity contribution < 1.29 is 35.2 Å². The van der Waals surface area contributed by atoms with Crippen molar-refractivity contribution in [3.63, 3.8) is 0 Å². The zero-order chi connectivity index (χ0) is 21.9. The highest BCUT2D eigenvalue weighted by Crippen LogP contribution is 2.32. The third kappa shape index (κ3) is 5.05. The van der Waals surface area contributed by atoms with Crippen LogP contribution in [0.15, 0.2) is 70.2 Å². The molecule has 0 aliphatic heterocycles. The number of furan rings is 1. The Balaban J connectivity index is 1.67. The van der Waals surface area contributed by atoms with Gasteiger partial charge in [-0.05, 0) is 48.0 Å². The third-order valence-corrected chi connectivity index (χ3v) is 5.38. The van der Waals surface area contributed by atoms with Crippen molar-refractivity contribution in [2.45, 2.75) is 17.6 Å². The Morgan fingerprint density at radius 3 is 2.33 bits per heavy atom. The number of alkyl halides is 3. The molecule has 2 aromatic carbocycles. The summed E-state index contributed by atoms with van der Waals surface area (Å²) in [4.78, 5) is 11.2. The molecule has 0 radical (unpaired) electrons. The van der Waals surface area contributed by atoms with Gasteiger partial charge in [0.25, 0.3) is 5.91 Å². The van der Waals surface area contributed by atoms with Crippen LogP contribution >= 0.6 is 0 Å². The second-order valence-corrected chi connectivity index (χ2v) is 7.86. The molecule has 0 fully saturated rings. The molecule has 3 aromatic rings. The second-order valence-electron chi connectivity index (χ2n) is 6.09. The van der Waals surface area contributed by atoms with Crippen LogP contribution in [0, 0.1) is 5.82 Å². The summed E-state index contributed by atoms with van der Waals surface area (Å²) in [7, 11) is -4.32. The molecular weight excluding hydrogens is 428 g/mol. The summed E-state index contributed by atoms with van der Waals surface area (Å²) < 4.78 is 83.4. The van der Waals surface area contributed by atoms with E-state index in [9.17, 15) is 30.8 Å². The first-order valence-electron chi connectivity index (χ1n) is 8.36. The van der Waals surface area contributed by atoms with Gasteiger partial charge in [0.1, 0.15) is 5.82 Å². The van der Waals surface area contributed by atoms with E-state index in [1.807, 2.05) is 0 Å². The third-order valence-electron chi connectivity index (χ3n) is 3.98. The smallest absolute Gasteiger partial charge is 0.419 e. The number of rotatable bonds is 6. The number of anilines is 1. The Morgan fingerprint density at radius 2 is 1.73 bits per heavy atom. The van der Waals surface area contributed by atoms with Crippen molar-refractivity contribution in [1.29, 1.82) is 0 Å². The SMILES string of the molecule is O=C(Nc1ccc(CNS(=O)(=O)c2ccc(F)c(C(F)(F)F)c2)cc1)c1ccco1. The van der Waals surface area contributed by atoms with E-state index in [0.717, 1.165) is 6.07 Å². The fourth-order valence-electron chi connectivity index (χ4n) is 2.46. The molecule has 0 saturated heterocycles. The second kappa shape index (κ2) is 8.28. The molecule has 1 amide bonds. The highest BCUT2D eigenvalue weighted by molar-refractivity contribution is 7.89. The van der Waals surface area contributed by atoms with Gasteiger partial charge in [-0.1, -0.05) is 12.1 Å². The quantitative estimate of drug-likeness (QED) is 0.561. The number of amides is 1. The van der Waals surface area contributed by atoms with Crippen LogP contribution in [0.4, 0.5) is 23.2 Å². The predicted molar refractivity (Wildman–Crippen MR) is 98.5 cm³/mol. The van der Waals surface area contributed by atoms with Crippen LogP contribution in [0.5, 0.6) is 0 Å². The molecule has 158 valence electrons. The molecule has 11 heteroatoms. The fourth-order valence-corrected chi connectivity index (χ4v) is 3.50. The predicted octanol–water partition coefficient (Wildman–Crippen LogP) is 4.17. The summed E-state index contributed by atoms with van der Waals surface area (Å²) in [5, 5.41) is 2.58. The molecule has 1 heterocycles. The van der Waals surface area contributed by atoms with Crippen molar-refractivity contribution in [2.75, 3.05) is 5.32 Å². The minimum Gasteiger partial charge on any atom is -0.459 e. The summed E-state index contributed by atoms with van der Waals surface area (Å²) in [6, 6.07) is 10.6. The molecule has 1 aromatic heterocycles. The van der Waals surface area contributed by atoms with Crippen LogP contribution < -0.4 is 10.0 Å². The lowest BCUT2D eigenvalue weighted by molar-refractivity contribution is -0.140. The number of carbonyl (C=O) groups excluding carboxylic acids is 1. The van der Waals surface area contributed by atoms with E-state index in [0.29, 0.717) is 17.3 Å². The van der Waals surface area contributed by atoms with Crippen molar-refractivity contribution >= 4 is 21.6 Å². The molecule has 6 nitrogen and oxygen atoms in total. The zero-order valence-corrected chi connectivity index (χ0v) is 15.9. The van der Waals surface area contributed by atoms with Gasteiger partial charge in [0.15, 0.2) is 5.76 Å². The molecule has 3 rings (SSSR count). The highest BCUT2D eigenvalue weighted by Gasteiger charge is 2.35. The highest BCUT2D eigenvalue weighted by atomic mass is 32.2. The van der Waals surface area contributed by atoms with Gasteiger partial charge in [0.2, 0.25) is 10.0 Å². The van der Waals surface area contributed by atoms with Gasteiger partial charge in [-0.25, -0.2) is 17.5 Å². The molecule has 0 atom stereocenters. The Kier molecular flexibility index (Phi) is 5.94. The van der Waals surface area contributed by atoms with Crippen LogP contribution in [0.2, 0.25) is 0 Å². The Morgan fingerprint density at radius 1 is 1.03 bits per heavy atom. The first-order chi connectivity index (χ1) is 14.1. The number of hydrogen-bond donors (Lipinski definition) is 2. The zero-order valence-electron chi connectivity index (χ0n) is 15.0. The van der Waals surface area contributed by atoms with Gasteiger partial charge in [-0.15, -0.1) is 0 Å². The van der Waals surface area contributed by atoms with Crippen LogP contribution in [0.1, 0.15) is 21.7 Å². The van der Waals surface area contributed by atoms with Gasteiger partial charge in [-0.3, -0.25) is 4.79 Å². The van der Waals surface area contributed by atoms with Crippen molar-refractivity contribution in [1.82, 2.24) is 4.72 Å². The van der Waals surface area contributed by atoms with Crippen LogP contribution in [0.25, 0.3) is 0 Å². The van der Waals surface area contributed by atoms with Gasteiger partial charge in [0, 0.05) is 12.2 Å². The fraction of sp³-hybridized carbons (Fsp3) is 0.105. The molecule has 0 aliphatic carbocycles. The number of sulfonamides is 1. The van der Waals surface area contributed by atoms with E-state index in [1.165, 1.54) is 36.6 Å². The van der Waals surface area contributed by atoms with E-state index < -0.39 is 38.4 Å². The summed E-state index contributed by atoms with van der Waals surface area (Å²) >= 11 is 0. The number of halogens is 4. The van der Waals surface area contributed by atoms with Gasteiger partial charge in [-0.2, -0.15) is 13.2 Å². The first kappa shape index (κ1) is 21.5. The number of benzene rings is 2. The lowest BCUT2D eigenvalue weighted by atomic mass is 10.2. The van der Waals surface area contributed by atoms with Crippen LogP contribution in [-0.4, -0.2) is 14.3 Å². The van der Waals surface area contributed by atoms with Gasteiger partial charge in [0.05, 0.1) is 16.7 Å². The standard InChI is InChI=1S/C19H14F4N2O4S/c20-16-8-7-14(10-15(16)19(21,22)23)30(27,28)24-11-12-3-5-13(6-4-12)25-18(26)17-2-1-9-29-17/h1-10,24H,11H2,(H,25,26). The number of nitrogens with one attached hydrogen (secondary N) is 2. The molecular formula is C19H14F4N2O4S. The average Bonchev–Trinajstić information content (AvgIpc) is 3.22. The lowest BCUT2D eigenvalue weighted by Gasteiger charge is -2.11. The number of hydrogen-bond acceptors (Lipinski definition) is 4. The monoisotopic (exact) mass is 442 g/mol. The average molecular weight is 442 g/mol. The van der Waals surface area contributed by atoms with Crippen molar-refractivity contribution in [3.8, 4) is 0 Å². The summed E-state index contributed by atoms with van der Waals surface area (Å²) in [6.45, 7) is -0.229. The molecule has 0 aliphatic rings. The Labute approximate surface area is 168 Å². The minimum atomic E-state index is -5.02. The van der Waals surface area contributed by atoms with E-state index in [2.05, 4.69) is 10.0 Å². The Hall–Kier alpha value is -3.18. The maximum atomic E-state index is 13.4. The molecule has 0 unspecified atom stereocenters. The van der Waals surface area contributed by atoms with Crippen molar-refractivity contribution in [3.05, 3.63) is 83.6 Å². The van der Waals surface area contributed by atoms with E-state index in [-0.39, 0.29) is 18.4 Å². The molecule has 30 heavy (non-hydrogen) atoms. The first-order valence-corrected chi connectivity index (χ1v) is 9.85. The topological polar surface area (TPSA) is 88.4 Å². The van der Waals surface area contributed by atoms with Crippen LogP contribution in [-0.2, 0) is 22.7 Å². The van der Waals surface area contributed by atoms with Crippen LogP contribution in [0.3, 0.4) is 0 Å². The van der Waals surface area contributed by atoms with Gasteiger partial charge < -0.3 is 9.73 Å². The minimum absolute atomic E-state index is 0.115. The molecule has 0 bridgehead atoms. The molecule has 2 N–H and O–H groups in total. The largest absolute Gasteiger partial charge is 0.459 e. The van der Waals surface area contributed by atoms with Gasteiger partial charge >= 0.3 is 6.18 Å². The molecule has 0 saturated carbocycles. The van der Waals surface area contributed by atoms with E-state index in [4.69, 9.17) is 4.42 Å². The Bertz CT molecular complexity index is 1140. The van der Waals surface area contributed by atoms with E-state index in [1.54, 1.807) is 6.07 Å².